The van der Waals surface area contributed by atoms with Gasteiger partial charge in [-0.15, -0.1) is 11.3 Å². The Kier molecular flexibility index (Phi) is 3.20. The van der Waals surface area contributed by atoms with Crippen molar-refractivity contribution < 1.29 is 13.9 Å². The van der Waals surface area contributed by atoms with Crippen LogP contribution in [-0.2, 0) is 0 Å². The normalized spacial score (nSPS) is 10.7. The van der Waals surface area contributed by atoms with Gasteiger partial charge in [-0.3, -0.25) is 0 Å². The van der Waals surface area contributed by atoms with Gasteiger partial charge in [0.05, 0.1) is 5.69 Å². The third-order valence-corrected chi connectivity index (χ3v) is 3.70. The molecule has 0 saturated heterocycles. The van der Waals surface area contributed by atoms with Gasteiger partial charge in [0.2, 0.25) is 0 Å². The SMILES string of the molecule is Oc1cccc(-c2nc(-c3ccc(F)c(F)c3)cs2)c1. The molecule has 0 aliphatic heterocycles. The van der Waals surface area contributed by atoms with Crippen molar-refractivity contribution >= 4 is 11.3 Å². The maximum Gasteiger partial charge on any atom is 0.159 e. The highest BCUT2D eigenvalue weighted by Gasteiger charge is 2.09. The molecule has 1 aromatic heterocycles. The summed E-state index contributed by atoms with van der Waals surface area (Å²) in [4.78, 5) is 4.38. The number of hydrogen-bond donors (Lipinski definition) is 1. The number of hydrogen-bond acceptors (Lipinski definition) is 3. The van der Waals surface area contributed by atoms with Crippen LogP contribution in [0.15, 0.2) is 47.8 Å². The number of aromatic nitrogens is 1. The minimum Gasteiger partial charge on any atom is -0.508 e. The van der Waals surface area contributed by atoms with Crippen molar-refractivity contribution in [1.29, 1.82) is 0 Å². The fourth-order valence-electron chi connectivity index (χ4n) is 1.83. The van der Waals surface area contributed by atoms with E-state index in [2.05, 4.69) is 4.98 Å². The van der Waals surface area contributed by atoms with Gasteiger partial charge < -0.3 is 5.11 Å². The van der Waals surface area contributed by atoms with Gasteiger partial charge in [-0.2, -0.15) is 0 Å². The van der Waals surface area contributed by atoms with E-state index in [1.807, 2.05) is 6.07 Å². The first-order valence-corrected chi connectivity index (χ1v) is 6.72. The number of rotatable bonds is 2. The second-order valence-corrected chi connectivity index (χ2v) is 5.08. The molecule has 0 unspecified atom stereocenters. The van der Waals surface area contributed by atoms with Gasteiger partial charge in [0.25, 0.3) is 0 Å². The molecule has 5 heteroatoms. The molecule has 0 atom stereocenters. The van der Waals surface area contributed by atoms with E-state index in [0.717, 1.165) is 17.7 Å². The van der Waals surface area contributed by atoms with E-state index in [1.165, 1.54) is 17.4 Å². The molecule has 3 rings (SSSR count). The predicted octanol–water partition coefficient (Wildman–Crippen LogP) is 4.46. The van der Waals surface area contributed by atoms with E-state index in [-0.39, 0.29) is 5.75 Å². The third-order valence-electron chi connectivity index (χ3n) is 2.81. The Morgan fingerprint density at radius 2 is 1.80 bits per heavy atom. The topological polar surface area (TPSA) is 33.1 Å². The lowest BCUT2D eigenvalue weighted by Crippen LogP contribution is -1.85. The smallest absolute Gasteiger partial charge is 0.159 e. The lowest BCUT2D eigenvalue weighted by Gasteiger charge is -1.99. The van der Waals surface area contributed by atoms with Crippen LogP contribution < -0.4 is 0 Å². The van der Waals surface area contributed by atoms with Gasteiger partial charge in [-0.05, 0) is 30.3 Å². The summed E-state index contributed by atoms with van der Waals surface area (Å²) in [5.74, 6) is -1.61. The number of nitrogens with zero attached hydrogens (tertiary/aromatic N) is 1. The highest BCUT2D eigenvalue weighted by Crippen LogP contribution is 2.30. The van der Waals surface area contributed by atoms with Crippen molar-refractivity contribution in [1.82, 2.24) is 4.98 Å². The van der Waals surface area contributed by atoms with Gasteiger partial charge in [-0.1, -0.05) is 12.1 Å². The van der Waals surface area contributed by atoms with E-state index in [9.17, 15) is 13.9 Å². The first kappa shape index (κ1) is 12.7. The molecular weight excluding hydrogens is 280 g/mol. The van der Waals surface area contributed by atoms with Crippen molar-refractivity contribution in [3.05, 3.63) is 59.5 Å². The summed E-state index contributed by atoms with van der Waals surface area (Å²) >= 11 is 1.38. The van der Waals surface area contributed by atoms with Gasteiger partial charge in [0, 0.05) is 16.5 Å². The molecule has 0 aliphatic rings. The zero-order valence-electron chi connectivity index (χ0n) is 10.2. The van der Waals surface area contributed by atoms with Crippen LogP contribution in [-0.4, -0.2) is 10.1 Å². The number of phenols is 1. The highest BCUT2D eigenvalue weighted by molar-refractivity contribution is 7.13. The second kappa shape index (κ2) is 5.02. The first-order valence-electron chi connectivity index (χ1n) is 5.84. The lowest BCUT2D eigenvalue weighted by atomic mass is 10.1. The zero-order valence-corrected chi connectivity index (χ0v) is 11.0. The van der Waals surface area contributed by atoms with Gasteiger partial charge in [0.15, 0.2) is 11.6 Å². The molecule has 1 N–H and O–H groups in total. The molecule has 2 aromatic carbocycles. The summed E-state index contributed by atoms with van der Waals surface area (Å²) < 4.78 is 26.1. The van der Waals surface area contributed by atoms with Crippen molar-refractivity contribution in [3.63, 3.8) is 0 Å². The van der Waals surface area contributed by atoms with Crippen molar-refractivity contribution in [3.8, 4) is 27.6 Å². The van der Waals surface area contributed by atoms with Gasteiger partial charge >= 0.3 is 0 Å². The summed E-state index contributed by atoms with van der Waals surface area (Å²) in [6, 6.07) is 10.4. The maximum atomic E-state index is 13.2. The van der Waals surface area contributed by atoms with Crippen LogP contribution in [0.3, 0.4) is 0 Å². The average Bonchev–Trinajstić information content (AvgIpc) is 2.92. The molecule has 2 nitrogen and oxygen atoms in total. The predicted molar refractivity (Wildman–Crippen MR) is 74.6 cm³/mol. The maximum absolute atomic E-state index is 13.2. The third kappa shape index (κ3) is 2.40. The fraction of sp³-hybridized carbons (Fsp3) is 0. The van der Waals surface area contributed by atoms with Crippen LogP contribution in [0.25, 0.3) is 21.8 Å². The molecule has 20 heavy (non-hydrogen) atoms. The number of benzene rings is 2. The van der Waals surface area contributed by atoms with E-state index in [0.29, 0.717) is 16.3 Å². The van der Waals surface area contributed by atoms with Crippen LogP contribution in [0.4, 0.5) is 8.78 Å². The van der Waals surface area contributed by atoms with Crippen LogP contribution >= 0.6 is 11.3 Å². The molecule has 0 bridgehead atoms. The number of halogens is 2. The Labute approximate surface area is 118 Å². The minimum atomic E-state index is -0.894. The summed E-state index contributed by atoms with van der Waals surface area (Å²) in [7, 11) is 0. The van der Waals surface area contributed by atoms with E-state index in [1.54, 1.807) is 23.6 Å². The quantitative estimate of drug-likeness (QED) is 0.755. The standard InChI is InChI=1S/C15H9F2NOS/c16-12-5-4-9(7-13(12)17)14-8-20-15(18-14)10-2-1-3-11(19)6-10/h1-8,19H. The number of thiazole rings is 1. The molecule has 0 fully saturated rings. The van der Waals surface area contributed by atoms with Crippen LogP contribution in [0.1, 0.15) is 0 Å². The molecule has 100 valence electrons. The van der Waals surface area contributed by atoms with Crippen molar-refractivity contribution in [2.45, 2.75) is 0 Å². The van der Waals surface area contributed by atoms with Gasteiger partial charge in [0.1, 0.15) is 10.8 Å². The minimum absolute atomic E-state index is 0.159. The van der Waals surface area contributed by atoms with Crippen molar-refractivity contribution in [2.24, 2.45) is 0 Å². The molecule has 1 heterocycles. The number of phenolic OH excluding ortho intramolecular Hbond substituents is 1. The Hall–Kier alpha value is -2.27. The Balaban J connectivity index is 1.99. The summed E-state index contributed by atoms with van der Waals surface area (Å²) in [5, 5.41) is 11.9. The Morgan fingerprint density at radius 1 is 0.950 bits per heavy atom. The fourth-order valence-corrected chi connectivity index (χ4v) is 2.66. The largest absolute Gasteiger partial charge is 0.508 e. The molecule has 0 radical (unpaired) electrons. The van der Waals surface area contributed by atoms with Crippen LogP contribution in [0.5, 0.6) is 5.75 Å². The zero-order chi connectivity index (χ0) is 14.1. The molecule has 0 amide bonds. The Morgan fingerprint density at radius 3 is 2.55 bits per heavy atom. The van der Waals surface area contributed by atoms with Crippen molar-refractivity contribution in [2.75, 3.05) is 0 Å². The summed E-state index contributed by atoms with van der Waals surface area (Å²) in [6.07, 6.45) is 0. The van der Waals surface area contributed by atoms with E-state index < -0.39 is 11.6 Å². The lowest BCUT2D eigenvalue weighted by molar-refractivity contribution is 0.475. The first-order chi connectivity index (χ1) is 9.63. The summed E-state index contributed by atoms with van der Waals surface area (Å²) in [5.41, 5.74) is 1.88. The summed E-state index contributed by atoms with van der Waals surface area (Å²) in [6.45, 7) is 0. The van der Waals surface area contributed by atoms with Crippen LogP contribution in [0.2, 0.25) is 0 Å². The van der Waals surface area contributed by atoms with Crippen LogP contribution in [0, 0.1) is 11.6 Å². The van der Waals surface area contributed by atoms with E-state index >= 15 is 0 Å². The monoisotopic (exact) mass is 289 g/mol. The molecular formula is C15H9F2NOS. The number of aromatic hydroxyl groups is 1. The second-order valence-electron chi connectivity index (χ2n) is 4.22. The molecule has 0 saturated carbocycles. The Bertz CT molecular complexity index is 770. The van der Waals surface area contributed by atoms with Gasteiger partial charge in [-0.25, -0.2) is 13.8 Å². The van der Waals surface area contributed by atoms with E-state index in [4.69, 9.17) is 0 Å². The highest BCUT2D eigenvalue weighted by atomic mass is 32.1. The molecule has 0 spiro atoms. The molecule has 0 aliphatic carbocycles. The molecule has 3 aromatic rings. The average molecular weight is 289 g/mol.